The molecule has 2 heterocycles. The molecular formula is C14H19N5O. The van der Waals surface area contributed by atoms with E-state index in [-0.39, 0.29) is 0 Å². The maximum atomic E-state index is 5.45. The van der Waals surface area contributed by atoms with Crippen LogP contribution in [0.5, 0.6) is 5.75 Å². The molecule has 2 aromatic heterocycles. The second-order valence-corrected chi connectivity index (χ2v) is 4.20. The van der Waals surface area contributed by atoms with E-state index in [4.69, 9.17) is 4.74 Å². The summed E-state index contributed by atoms with van der Waals surface area (Å²) in [6.07, 6.45) is 5.12. The zero-order valence-electron chi connectivity index (χ0n) is 12.0. The quantitative estimate of drug-likeness (QED) is 0.868. The topological polar surface area (TPSA) is 63.2 Å². The number of methoxy groups -OCH3 is 1. The predicted molar refractivity (Wildman–Crippen MR) is 79.1 cm³/mol. The molecule has 0 radical (unpaired) electrons. The first-order chi connectivity index (χ1) is 9.80. The van der Waals surface area contributed by atoms with E-state index in [0.29, 0.717) is 11.6 Å². The van der Waals surface area contributed by atoms with Crippen molar-refractivity contribution in [3.8, 4) is 5.75 Å². The van der Waals surface area contributed by atoms with E-state index in [1.54, 1.807) is 25.8 Å². The summed E-state index contributed by atoms with van der Waals surface area (Å²) in [4.78, 5) is 14.7. The molecule has 6 nitrogen and oxygen atoms in total. The highest BCUT2D eigenvalue weighted by atomic mass is 16.5. The molecule has 0 aromatic carbocycles. The van der Waals surface area contributed by atoms with Gasteiger partial charge in [-0.05, 0) is 24.6 Å². The van der Waals surface area contributed by atoms with Crippen molar-refractivity contribution in [1.82, 2.24) is 15.0 Å². The lowest BCUT2D eigenvalue weighted by Gasteiger charge is -2.24. The van der Waals surface area contributed by atoms with Gasteiger partial charge >= 0.3 is 0 Å². The summed E-state index contributed by atoms with van der Waals surface area (Å²) >= 11 is 0. The van der Waals surface area contributed by atoms with Crippen LogP contribution < -0.4 is 15.0 Å². The number of rotatable bonds is 6. The SMILES string of the molecule is CCN(Cc1ccncc1)c1ncnc(NC)c1OC. The summed E-state index contributed by atoms with van der Waals surface area (Å²) in [5, 5.41) is 3.02. The van der Waals surface area contributed by atoms with Crippen molar-refractivity contribution in [2.75, 3.05) is 30.9 Å². The van der Waals surface area contributed by atoms with E-state index in [2.05, 4.69) is 32.1 Å². The van der Waals surface area contributed by atoms with Crippen molar-refractivity contribution >= 4 is 11.6 Å². The van der Waals surface area contributed by atoms with Crippen molar-refractivity contribution < 1.29 is 4.74 Å². The molecule has 6 heteroatoms. The molecular weight excluding hydrogens is 254 g/mol. The number of anilines is 2. The highest BCUT2D eigenvalue weighted by Gasteiger charge is 2.16. The zero-order valence-corrected chi connectivity index (χ0v) is 12.0. The van der Waals surface area contributed by atoms with Crippen LogP contribution in [0, 0.1) is 0 Å². The molecule has 106 valence electrons. The Kier molecular flexibility index (Phi) is 4.70. The Hall–Kier alpha value is -2.37. The van der Waals surface area contributed by atoms with Crippen LogP contribution in [0.3, 0.4) is 0 Å². The Morgan fingerprint density at radius 1 is 1.25 bits per heavy atom. The van der Waals surface area contributed by atoms with Gasteiger partial charge < -0.3 is 15.0 Å². The van der Waals surface area contributed by atoms with Crippen LogP contribution in [0.25, 0.3) is 0 Å². The van der Waals surface area contributed by atoms with Gasteiger partial charge in [-0.25, -0.2) is 9.97 Å². The maximum Gasteiger partial charge on any atom is 0.204 e. The van der Waals surface area contributed by atoms with E-state index >= 15 is 0 Å². The first-order valence-electron chi connectivity index (χ1n) is 6.50. The monoisotopic (exact) mass is 273 g/mol. The van der Waals surface area contributed by atoms with Crippen molar-refractivity contribution in [2.24, 2.45) is 0 Å². The Morgan fingerprint density at radius 3 is 2.60 bits per heavy atom. The zero-order chi connectivity index (χ0) is 14.4. The lowest BCUT2D eigenvalue weighted by molar-refractivity contribution is 0.412. The summed E-state index contributed by atoms with van der Waals surface area (Å²) in [6, 6.07) is 3.99. The molecule has 0 unspecified atom stereocenters. The molecule has 0 bridgehead atoms. The average Bonchev–Trinajstić information content (AvgIpc) is 2.52. The highest BCUT2D eigenvalue weighted by Crippen LogP contribution is 2.32. The van der Waals surface area contributed by atoms with Gasteiger partial charge in [-0.15, -0.1) is 0 Å². The van der Waals surface area contributed by atoms with E-state index in [1.807, 2.05) is 19.2 Å². The number of pyridine rings is 1. The highest BCUT2D eigenvalue weighted by molar-refractivity contribution is 5.64. The second-order valence-electron chi connectivity index (χ2n) is 4.20. The van der Waals surface area contributed by atoms with Crippen molar-refractivity contribution in [3.05, 3.63) is 36.4 Å². The molecule has 20 heavy (non-hydrogen) atoms. The molecule has 0 aliphatic heterocycles. The lowest BCUT2D eigenvalue weighted by Crippen LogP contribution is -2.24. The molecule has 0 aliphatic rings. The standard InChI is InChI=1S/C14H19N5O/c1-4-19(9-11-5-7-16-8-6-11)14-12(20-3)13(15-2)17-10-18-14/h5-8,10H,4,9H2,1-3H3,(H,15,17,18). The molecule has 0 saturated carbocycles. The van der Waals surface area contributed by atoms with Gasteiger partial charge in [-0.1, -0.05) is 0 Å². The van der Waals surface area contributed by atoms with Gasteiger partial charge in [0.05, 0.1) is 7.11 Å². The molecule has 0 aliphatic carbocycles. The Morgan fingerprint density at radius 2 is 2.00 bits per heavy atom. The van der Waals surface area contributed by atoms with Crippen molar-refractivity contribution in [1.29, 1.82) is 0 Å². The Balaban J connectivity index is 2.32. The predicted octanol–water partition coefficient (Wildman–Crippen LogP) is 1.95. The molecule has 0 fully saturated rings. The molecule has 0 atom stereocenters. The van der Waals surface area contributed by atoms with E-state index in [0.717, 1.165) is 18.9 Å². The van der Waals surface area contributed by atoms with Crippen molar-refractivity contribution in [3.63, 3.8) is 0 Å². The van der Waals surface area contributed by atoms with Crippen molar-refractivity contribution in [2.45, 2.75) is 13.5 Å². The number of ether oxygens (including phenoxy) is 1. The Labute approximate surface area is 118 Å². The lowest BCUT2D eigenvalue weighted by atomic mass is 10.2. The minimum atomic E-state index is 0.658. The molecule has 1 N–H and O–H groups in total. The minimum absolute atomic E-state index is 0.658. The normalized spacial score (nSPS) is 10.2. The van der Waals surface area contributed by atoms with Crippen LogP contribution in [0.15, 0.2) is 30.9 Å². The molecule has 2 rings (SSSR count). The Bertz CT molecular complexity index is 547. The first kappa shape index (κ1) is 14.0. The minimum Gasteiger partial charge on any atom is -0.490 e. The maximum absolute atomic E-state index is 5.45. The smallest absolute Gasteiger partial charge is 0.204 e. The van der Waals surface area contributed by atoms with Crippen LogP contribution in [0.1, 0.15) is 12.5 Å². The summed E-state index contributed by atoms with van der Waals surface area (Å²) < 4.78 is 5.45. The number of aromatic nitrogens is 3. The van der Waals surface area contributed by atoms with Gasteiger partial charge in [0.25, 0.3) is 0 Å². The summed E-state index contributed by atoms with van der Waals surface area (Å²) in [5.41, 5.74) is 1.17. The summed E-state index contributed by atoms with van der Waals surface area (Å²) in [6.45, 7) is 3.65. The van der Waals surface area contributed by atoms with Gasteiger partial charge in [-0.3, -0.25) is 4.98 Å². The second kappa shape index (κ2) is 6.70. The van der Waals surface area contributed by atoms with E-state index < -0.39 is 0 Å². The number of hydrogen-bond acceptors (Lipinski definition) is 6. The third-order valence-corrected chi connectivity index (χ3v) is 3.03. The summed E-state index contributed by atoms with van der Waals surface area (Å²) in [7, 11) is 3.44. The van der Waals surface area contributed by atoms with Crippen LogP contribution in [0.2, 0.25) is 0 Å². The van der Waals surface area contributed by atoms with Crippen LogP contribution in [-0.2, 0) is 6.54 Å². The van der Waals surface area contributed by atoms with Crippen LogP contribution >= 0.6 is 0 Å². The number of nitrogens with one attached hydrogen (secondary N) is 1. The van der Waals surface area contributed by atoms with E-state index in [1.165, 1.54) is 5.56 Å². The number of hydrogen-bond donors (Lipinski definition) is 1. The van der Waals surface area contributed by atoms with Gasteiger partial charge in [0, 0.05) is 32.5 Å². The fourth-order valence-corrected chi connectivity index (χ4v) is 2.00. The molecule has 2 aromatic rings. The van der Waals surface area contributed by atoms with Gasteiger partial charge in [-0.2, -0.15) is 0 Å². The van der Waals surface area contributed by atoms with Gasteiger partial charge in [0.1, 0.15) is 6.33 Å². The van der Waals surface area contributed by atoms with Gasteiger partial charge in [0.15, 0.2) is 11.6 Å². The fourth-order valence-electron chi connectivity index (χ4n) is 2.00. The average molecular weight is 273 g/mol. The molecule has 0 amide bonds. The largest absolute Gasteiger partial charge is 0.490 e. The number of nitrogens with zero attached hydrogens (tertiary/aromatic N) is 4. The first-order valence-corrected chi connectivity index (χ1v) is 6.50. The van der Waals surface area contributed by atoms with Gasteiger partial charge in [0.2, 0.25) is 5.75 Å². The third-order valence-electron chi connectivity index (χ3n) is 3.03. The summed E-state index contributed by atoms with van der Waals surface area (Å²) in [5.74, 6) is 2.13. The fraction of sp³-hybridized carbons (Fsp3) is 0.357. The van der Waals surface area contributed by atoms with Crippen LogP contribution in [0.4, 0.5) is 11.6 Å². The van der Waals surface area contributed by atoms with E-state index in [9.17, 15) is 0 Å². The molecule has 0 saturated heterocycles. The third kappa shape index (κ3) is 2.96. The molecule has 0 spiro atoms. The van der Waals surface area contributed by atoms with Crippen LogP contribution in [-0.4, -0.2) is 35.7 Å².